The number of rotatable bonds is 1. The van der Waals surface area contributed by atoms with Crippen molar-refractivity contribution in [2.75, 3.05) is 13.1 Å². The summed E-state index contributed by atoms with van der Waals surface area (Å²) in [7, 11) is 0. The Kier molecular flexibility index (Phi) is 3.77. The number of nitrogens with zero attached hydrogens (tertiary/aromatic N) is 2. The van der Waals surface area contributed by atoms with Gasteiger partial charge in [0, 0.05) is 13.1 Å². The van der Waals surface area contributed by atoms with Gasteiger partial charge in [-0.05, 0) is 31.9 Å². The lowest BCUT2D eigenvalue weighted by Gasteiger charge is -2.35. The van der Waals surface area contributed by atoms with Crippen LogP contribution in [0.2, 0.25) is 5.02 Å². The van der Waals surface area contributed by atoms with Crippen molar-refractivity contribution in [2.45, 2.75) is 19.8 Å². The molecule has 0 radical (unpaired) electrons. The Morgan fingerprint density at radius 3 is 2.68 bits per heavy atom. The largest absolute Gasteiger partial charge is 0.338 e. The molecular weight excluding hydrogens is 267 g/mol. The van der Waals surface area contributed by atoms with Gasteiger partial charge in [-0.25, -0.2) is 4.39 Å². The van der Waals surface area contributed by atoms with Crippen molar-refractivity contribution in [1.82, 2.24) is 4.90 Å². The number of benzene rings is 1. The third-order valence-electron chi connectivity index (χ3n) is 3.61. The van der Waals surface area contributed by atoms with Crippen LogP contribution in [0.4, 0.5) is 4.39 Å². The molecule has 100 valence electrons. The van der Waals surface area contributed by atoms with Gasteiger partial charge in [0.05, 0.1) is 22.1 Å². The van der Waals surface area contributed by atoms with Crippen molar-refractivity contribution in [3.05, 3.63) is 34.6 Å². The van der Waals surface area contributed by atoms with Gasteiger partial charge in [0.15, 0.2) is 5.82 Å². The predicted molar refractivity (Wildman–Crippen MR) is 70.3 cm³/mol. The third-order valence-corrected chi connectivity index (χ3v) is 3.90. The van der Waals surface area contributed by atoms with E-state index in [0.29, 0.717) is 25.9 Å². The summed E-state index contributed by atoms with van der Waals surface area (Å²) in [5.41, 5.74) is -0.392. The molecule has 0 aliphatic carbocycles. The zero-order chi connectivity index (χ0) is 14.0. The van der Waals surface area contributed by atoms with Crippen LogP contribution in [0.1, 0.15) is 30.1 Å². The van der Waals surface area contributed by atoms with Crippen molar-refractivity contribution in [2.24, 2.45) is 5.41 Å². The maximum Gasteiger partial charge on any atom is 0.256 e. The zero-order valence-corrected chi connectivity index (χ0v) is 11.4. The van der Waals surface area contributed by atoms with Gasteiger partial charge < -0.3 is 4.90 Å². The van der Waals surface area contributed by atoms with E-state index >= 15 is 0 Å². The molecule has 1 aromatic rings. The van der Waals surface area contributed by atoms with Gasteiger partial charge in [0.1, 0.15) is 0 Å². The molecule has 2 rings (SSSR count). The summed E-state index contributed by atoms with van der Waals surface area (Å²) in [5, 5.41) is 8.99. The molecule has 1 aliphatic rings. The van der Waals surface area contributed by atoms with Crippen LogP contribution in [0, 0.1) is 22.6 Å². The van der Waals surface area contributed by atoms with Crippen LogP contribution in [0.25, 0.3) is 0 Å². The number of likely N-dealkylation sites (tertiary alicyclic amines) is 1. The molecule has 0 spiro atoms. The summed E-state index contributed by atoms with van der Waals surface area (Å²) >= 11 is 5.68. The smallest absolute Gasteiger partial charge is 0.256 e. The van der Waals surface area contributed by atoms with E-state index in [1.54, 1.807) is 11.0 Å². The van der Waals surface area contributed by atoms with E-state index in [-0.39, 0.29) is 21.9 Å². The van der Waals surface area contributed by atoms with Gasteiger partial charge in [-0.3, -0.25) is 4.79 Å². The molecule has 5 heteroatoms. The molecule has 1 aliphatic heterocycles. The maximum absolute atomic E-state index is 13.8. The molecule has 1 saturated heterocycles. The van der Waals surface area contributed by atoms with Crippen LogP contribution in [0.3, 0.4) is 0 Å². The van der Waals surface area contributed by atoms with E-state index in [1.165, 1.54) is 12.1 Å². The van der Waals surface area contributed by atoms with Crippen molar-refractivity contribution in [3.63, 3.8) is 0 Å². The highest BCUT2D eigenvalue weighted by Crippen LogP contribution is 2.31. The van der Waals surface area contributed by atoms with Gasteiger partial charge in [0.25, 0.3) is 5.91 Å². The number of carbonyl (C=O) groups is 1. The SMILES string of the molecule is CC1(C#N)CCN(C(=O)c2cccc(Cl)c2F)CC1. The van der Waals surface area contributed by atoms with E-state index in [9.17, 15) is 9.18 Å². The molecule has 0 aromatic heterocycles. The molecule has 0 atom stereocenters. The number of hydrogen-bond donors (Lipinski definition) is 0. The lowest BCUT2D eigenvalue weighted by Crippen LogP contribution is -2.41. The second-order valence-corrected chi connectivity index (χ2v) is 5.47. The highest BCUT2D eigenvalue weighted by atomic mass is 35.5. The highest BCUT2D eigenvalue weighted by Gasteiger charge is 2.32. The minimum atomic E-state index is -0.678. The van der Waals surface area contributed by atoms with Crippen LogP contribution in [-0.4, -0.2) is 23.9 Å². The predicted octanol–water partition coefficient (Wildman–Crippen LogP) is 3.24. The average Bonchev–Trinajstić information content (AvgIpc) is 2.42. The van der Waals surface area contributed by atoms with E-state index in [1.807, 2.05) is 6.92 Å². The highest BCUT2D eigenvalue weighted by molar-refractivity contribution is 6.31. The molecular formula is C14H14ClFN2O. The number of carbonyl (C=O) groups excluding carboxylic acids is 1. The molecule has 0 saturated carbocycles. The van der Waals surface area contributed by atoms with Crippen molar-refractivity contribution < 1.29 is 9.18 Å². The lowest BCUT2D eigenvalue weighted by molar-refractivity contribution is 0.0657. The molecule has 0 bridgehead atoms. The van der Waals surface area contributed by atoms with Crippen LogP contribution in [-0.2, 0) is 0 Å². The fraction of sp³-hybridized carbons (Fsp3) is 0.429. The molecule has 1 amide bonds. The Morgan fingerprint density at radius 2 is 2.11 bits per heavy atom. The Bertz CT molecular complexity index is 545. The molecule has 1 aromatic carbocycles. The molecule has 19 heavy (non-hydrogen) atoms. The first-order valence-electron chi connectivity index (χ1n) is 6.11. The second kappa shape index (κ2) is 5.18. The number of halogens is 2. The van der Waals surface area contributed by atoms with E-state index in [2.05, 4.69) is 6.07 Å². The lowest BCUT2D eigenvalue weighted by atomic mass is 9.82. The van der Waals surface area contributed by atoms with Crippen molar-refractivity contribution in [1.29, 1.82) is 5.26 Å². The van der Waals surface area contributed by atoms with Gasteiger partial charge >= 0.3 is 0 Å². The average molecular weight is 281 g/mol. The topological polar surface area (TPSA) is 44.1 Å². The number of piperidine rings is 1. The number of amides is 1. The third kappa shape index (κ3) is 2.71. The van der Waals surface area contributed by atoms with Crippen molar-refractivity contribution in [3.8, 4) is 6.07 Å². The summed E-state index contributed by atoms with van der Waals surface area (Å²) in [6.45, 7) is 2.82. The summed E-state index contributed by atoms with van der Waals surface area (Å²) in [4.78, 5) is 13.8. The monoisotopic (exact) mass is 280 g/mol. The zero-order valence-electron chi connectivity index (χ0n) is 10.6. The molecule has 0 unspecified atom stereocenters. The van der Waals surface area contributed by atoms with Crippen molar-refractivity contribution >= 4 is 17.5 Å². The Labute approximate surface area is 116 Å². The first kappa shape index (κ1) is 13.8. The minimum Gasteiger partial charge on any atom is -0.338 e. The van der Waals surface area contributed by atoms with Gasteiger partial charge in [-0.15, -0.1) is 0 Å². The Hall–Kier alpha value is -1.60. The second-order valence-electron chi connectivity index (χ2n) is 5.07. The Morgan fingerprint density at radius 1 is 1.47 bits per heavy atom. The maximum atomic E-state index is 13.8. The number of nitriles is 1. The van der Waals surface area contributed by atoms with Gasteiger partial charge in [0.2, 0.25) is 0 Å². The fourth-order valence-corrected chi connectivity index (χ4v) is 2.33. The summed E-state index contributed by atoms with van der Waals surface area (Å²) < 4.78 is 13.8. The first-order valence-corrected chi connectivity index (χ1v) is 6.49. The summed E-state index contributed by atoms with van der Waals surface area (Å²) in [5.74, 6) is -1.04. The van der Waals surface area contributed by atoms with E-state index in [0.717, 1.165) is 0 Å². The summed E-state index contributed by atoms with van der Waals surface area (Å²) in [6, 6.07) is 6.67. The standard InChI is InChI=1S/C14H14ClFN2O/c1-14(9-17)5-7-18(8-6-14)13(19)10-3-2-4-11(15)12(10)16/h2-4H,5-8H2,1H3. The molecule has 0 N–H and O–H groups in total. The van der Waals surface area contributed by atoms with Gasteiger partial charge in [-0.1, -0.05) is 17.7 Å². The van der Waals surface area contributed by atoms with E-state index in [4.69, 9.17) is 16.9 Å². The molecule has 1 heterocycles. The van der Waals surface area contributed by atoms with Gasteiger partial charge in [-0.2, -0.15) is 5.26 Å². The quantitative estimate of drug-likeness (QED) is 0.793. The molecule has 1 fully saturated rings. The van der Waals surface area contributed by atoms with Crippen LogP contribution < -0.4 is 0 Å². The van der Waals surface area contributed by atoms with Crippen LogP contribution >= 0.6 is 11.6 Å². The Balaban J connectivity index is 2.15. The molecule has 3 nitrogen and oxygen atoms in total. The number of hydrogen-bond acceptors (Lipinski definition) is 2. The summed E-state index contributed by atoms with van der Waals surface area (Å²) in [6.07, 6.45) is 1.22. The fourth-order valence-electron chi connectivity index (χ4n) is 2.15. The van der Waals surface area contributed by atoms with Crippen LogP contribution in [0.15, 0.2) is 18.2 Å². The van der Waals surface area contributed by atoms with E-state index < -0.39 is 5.82 Å². The first-order chi connectivity index (χ1) is 8.97. The normalized spacial score (nSPS) is 17.9. The van der Waals surface area contributed by atoms with Crippen LogP contribution in [0.5, 0.6) is 0 Å². The minimum absolute atomic E-state index is 0.00643.